The fraction of sp³-hybridized carbons (Fsp3) is 0. The largest absolute Gasteiger partial charge is 0.457 e. The van der Waals surface area contributed by atoms with E-state index >= 15 is 0 Å². The molecule has 1 heterocycles. The minimum absolute atomic E-state index is 0.0303. The van der Waals surface area contributed by atoms with Gasteiger partial charge in [-0.3, -0.25) is 0 Å². The van der Waals surface area contributed by atoms with Crippen molar-refractivity contribution < 1.29 is 9.47 Å². The molecule has 0 N–H and O–H groups in total. The Balaban J connectivity index is 1.84. The molecule has 0 spiro atoms. The molecule has 3 rings (SSSR count). The van der Waals surface area contributed by atoms with E-state index in [2.05, 4.69) is 9.97 Å². The first-order valence-electron chi connectivity index (χ1n) is 7.17. The minimum Gasteiger partial charge on any atom is -0.457 e. The van der Waals surface area contributed by atoms with E-state index in [1.54, 1.807) is 36.4 Å². The van der Waals surface area contributed by atoms with Gasteiger partial charge in [-0.05, 0) is 41.9 Å². The van der Waals surface area contributed by atoms with Crippen LogP contribution in [0.3, 0.4) is 0 Å². The molecule has 0 radical (unpaired) electrons. The van der Waals surface area contributed by atoms with E-state index in [4.69, 9.17) is 43.2 Å². The first-order valence-corrected chi connectivity index (χ1v) is 7.92. The van der Waals surface area contributed by atoms with Crippen molar-refractivity contribution in [2.24, 2.45) is 0 Å². The highest BCUT2D eigenvalue weighted by molar-refractivity contribution is 6.31. The zero-order chi connectivity index (χ0) is 18.5. The van der Waals surface area contributed by atoms with E-state index < -0.39 is 0 Å². The molecular weight excluding hydrogens is 375 g/mol. The van der Waals surface area contributed by atoms with E-state index in [0.29, 0.717) is 28.4 Å². The Kier molecular flexibility index (Phi) is 5.19. The van der Waals surface area contributed by atoms with Gasteiger partial charge in [0, 0.05) is 12.1 Å². The van der Waals surface area contributed by atoms with E-state index in [9.17, 15) is 0 Å². The Labute approximate surface area is 158 Å². The molecule has 3 aromatic rings. The molecule has 0 aliphatic carbocycles. The quantitative estimate of drug-likeness (QED) is 0.459. The Morgan fingerprint density at radius 1 is 0.769 bits per heavy atom. The van der Waals surface area contributed by atoms with Crippen molar-refractivity contribution in [2.75, 3.05) is 0 Å². The van der Waals surface area contributed by atoms with Crippen LogP contribution in [0.4, 0.5) is 0 Å². The number of ether oxygens (including phenoxy) is 2. The summed E-state index contributed by atoms with van der Waals surface area (Å²) in [6, 6.07) is 16.7. The number of aromatic nitrogens is 2. The third kappa shape index (κ3) is 4.40. The highest BCUT2D eigenvalue weighted by atomic mass is 35.5. The lowest BCUT2D eigenvalue weighted by atomic mass is 10.1. The SMILES string of the molecule is N#Cc1cc(C#N)cc(Oc2cccc(Oc3cc(Cl)nc(Cl)n3)c2)c1. The standard InChI is InChI=1S/C18H8Cl2N4O2/c19-16-8-17(24-18(20)23-16)26-14-3-1-2-13(7-14)25-15-5-11(9-21)4-12(6-15)10-22/h1-8H. The lowest BCUT2D eigenvalue weighted by Gasteiger charge is -2.09. The van der Waals surface area contributed by atoms with E-state index in [1.165, 1.54) is 12.1 Å². The molecule has 1 aromatic heterocycles. The number of hydrogen-bond acceptors (Lipinski definition) is 6. The van der Waals surface area contributed by atoms with Crippen LogP contribution in [0.5, 0.6) is 23.1 Å². The molecule has 0 aliphatic rings. The van der Waals surface area contributed by atoms with Crippen LogP contribution in [-0.4, -0.2) is 9.97 Å². The van der Waals surface area contributed by atoms with Gasteiger partial charge in [0.1, 0.15) is 22.4 Å². The molecule has 126 valence electrons. The summed E-state index contributed by atoms with van der Waals surface area (Å²) in [6.45, 7) is 0. The molecule has 0 aliphatic heterocycles. The van der Waals surface area contributed by atoms with Gasteiger partial charge in [-0.25, -0.2) is 4.98 Å². The van der Waals surface area contributed by atoms with Gasteiger partial charge in [0.25, 0.3) is 0 Å². The van der Waals surface area contributed by atoms with Crippen molar-refractivity contribution in [1.29, 1.82) is 10.5 Å². The number of halogens is 2. The van der Waals surface area contributed by atoms with E-state index in [0.717, 1.165) is 0 Å². The van der Waals surface area contributed by atoms with E-state index in [1.807, 2.05) is 12.1 Å². The molecule has 0 atom stereocenters. The highest BCUT2D eigenvalue weighted by Gasteiger charge is 2.07. The number of rotatable bonds is 4. The predicted molar refractivity (Wildman–Crippen MR) is 94.5 cm³/mol. The maximum absolute atomic E-state index is 9.03. The fourth-order valence-corrected chi connectivity index (χ4v) is 2.46. The van der Waals surface area contributed by atoms with Crippen molar-refractivity contribution in [3.8, 4) is 35.3 Å². The van der Waals surface area contributed by atoms with Gasteiger partial charge in [-0.1, -0.05) is 17.7 Å². The summed E-state index contributed by atoms with van der Waals surface area (Å²) in [6.07, 6.45) is 0. The predicted octanol–water partition coefficient (Wildman–Crippen LogP) is 5.11. The van der Waals surface area contributed by atoms with Gasteiger partial charge < -0.3 is 9.47 Å². The average molecular weight is 383 g/mol. The lowest BCUT2D eigenvalue weighted by molar-refractivity contribution is 0.448. The molecule has 0 saturated heterocycles. The van der Waals surface area contributed by atoms with Gasteiger partial charge in [0.2, 0.25) is 11.2 Å². The van der Waals surface area contributed by atoms with Crippen LogP contribution in [0, 0.1) is 22.7 Å². The van der Waals surface area contributed by atoms with Crippen LogP contribution in [0.2, 0.25) is 10.4 Å². The Morgan fingerprint density at radius 2 is 1.42 bits per heavy atom. The zero-order valence-electron chi connectivity index (χ0n) is 13.0. The smallest absolute Gasteiger partial charge is 0.227 e. The fourth-order valence-electron chi connectivity index (χ4n) is 2.07. The summed E-state index contributed by atoms with van der Waals surface area (Å²) >= 11 is 11.6. The summed E-state index contributed by atoms with van der Waals surface area (Å²) in [7, 11) is 0. The Bertz CT molecular complexity index is 1010. The second-order valence-electron chi connectivity index (χ2n) is 4.95. The third-order valence-corrected chi connectivity index (χ3v) is 3.44. The van der Waals surface area contributed by atoms with Gasteiger partial charge in [0.15, 0.2) is 0 Å². The second-order valence-corrected chi connectivity index (χ2v) is 5.67. The normalized spacial score (nSPS) is 9.85. The van der Waals surface area contributed by atoms with Gasteiger partial charge in [-0.15, -0.1) is 0 Å². The molecule has 2 aromatic carbocycles. The third-order valence-electron chi connectivity index (χ3n) is 3.07. The van der Waals surface area contributed by atoms with Crippen molar-refractivity contribution >= 4 is 23.2 Å². The molecular formula is C18H8Cl2N4O2. The summed E-state index contributed by atoms with van der Waals surface area (Å²) < 4.78 is 11.3. The molecule has 6 nitrogen and oxygen atoms in total. The Hall–Kier alpha value is -3.32. The molecule has 0 bridgehead atoms. The van der Waals surface area contributed by atoms with Gasteiger partial charge in [-0.2, -0.15) is 15.5 Å². The molecule has 8 heteroatoms. The number of nitrogens with zero attached hydrogens (tertiary/aromatic N) is 4. The summed E-state index contributed by atoms with van der Waals surface area (Å²) in [5, 5.41) is 18.2. The van der Waals surface area contributed by atoms with Crippen LogP contribution < -0.4 is 9.47 Å². The maximum Gasteiger partial charge on any atom is 0.227 e. The number of nitriles is 2. The summed E-state index contributed by atoms with van der Waals surface area (Å²) in [5.74, 6) is 1.44. The van der Waals surface area contributed by atoms with Crippen molar-refractivity contribution in [2.45, 2.75) is 0 Å². The van der Waals surface area contributed by atoms with E-state index in [-0.39, 0.29) is 16.3 Å². The molecule has 0 saturated carbocycles. The monoisotopic (exact) mass is 382 g/mol. The molecule has 0 amide bonds. The average Bonchev–Trinajstić information content (AvgIpc) is 2.60. The Morgan fingerprint density at radius 3 is 2.04 bits per heavy atom. The topological polar surface area (TPSA) is 91.8 Å². The number of hydrogen-bond donors (Lipinski definition) is 0. The van der Waals surface area contributed by atoms with Crippen LogP contribution in [0.25, 0.3) is 0 Å². The minimum atomic E-state index is -0.0303. The maximum atomic E-state index is 9.03. The summed E-state index contributed by atoms with van der Waals surface area (Å²) in [4.78, 5) is 7.67. The van der Waals surface area contributed by atoms with Crippen LogP contribution in [0.1, 0.15) is 11.1 Å². The van der Waals surface area contributed by atoms with Gasteiger partial charge in [0.05, 0.1) is 23.3 Å². The van der Waals surface area contributed by atoms with Crippen molar-refractivity contribution in [1.82, 2.24) is 9.97 Å². The number of benzene rings is 2. The lowest BCUT2D eigenvalue weighted by Crippen LogP contribution is -1.92. The van der Waals surface area contributed by atoms with Crippen LogP contribution >= 0.6 is 23.2 Å². The first-order chi connectivity index (χ1) is 12.6. The molecule has 0 fully saturated rings. The first kappa shape index (κ1) is 17.5. The second kappa shape index (κ2) is 7.71. The highest BCUT2D eigenvalue weighted by Crippen LogP contribution is 2.29. The van der Waals surface area contributed by atoms with Crippen LogP contribution in [0.15, 0.2) is 48.5 Å². The molecule has 0 unspecified atom stereocenters. The van der Waals surface area contributed by atoms with Gasteiger partial charge >= 0.3 is 0 Å². The summed E-state index contributed by atoms with van der Waals surface area (Å²) in [5.41, 5.74) is 0.661. The van der Waals surface area contributed by atoms with Crippen LogP contribution in [-0.2, 0) is 0 Å². The zero-order valence-corrected chi connectivity index (χ0v) is 14.5. The van der Waals surface area contributed by atoms with Crippen molar-refractivity contribution in [3.05, 3.63) is 70.1 Å². The van der Waals surface area contributed by atoms with Crippen molar-refractivity contribution in [3.63, 3.8) is 0 Å². The molecule has 26 heavy (non-hydrogen) atoms.